The fourth-order valence-electron chi connectivity index (χ4n) is 1.66. The Bertz CT molecular complexity index is 685. The molecule has 1 aromatic heterocycles. The van der Waals surface area contributed by atoms with Crippen LogP contribution < -0.4 is 10.0 Å². The van der Waals surface area contributed by atoms with E-state index in [1.165, 1.54) is 6.20 Å². The van der Waals surface area contributed by atoms with Crippen molar-refractivity contribution in [1.82, 2.24) is 4.98 Å². The Morgan fingerprint density at radius 3 is 2.45 bits per heavy atom. The number of hydrogen-bond donors (Lipinski definition) is 2. The summed E-state index contributed by atoms with van der Waals surface area (Å²) in [5.74, 6) is 0. The average Bonchev–Trinajstić information content (AvgIpc) is 2.47. The first-order valence-corrected chi connectivity index (χ1v) is 8.57. The second-order valence-electron chi connectivity index (χ2n) is 3.94. The van der Waals surface area contributed by atoms with Crippen LogP contribution in [0.5, 0.6) is 0 Å². The van der Waals surface area contributed by atoms with Crippen LogP contribution in [-0.4, -0.2) is 26.7 Å². The molecular formula is C13H15N3O2S2. The summed E-state index contributed by atoms with van der Waals surface area (Å²) in [6.45, 7) is 0. The van der Waals surface area contributed by atoms with Crippen LogP contribution in [0.1, 0.15) is 0 Å². The first kappa shape index (κ1) is 14.7. The fraction of sp³-hybridized carbons (Fsp3) is 0.154. The topological polar surface area (TPSA) is 71.1 Å². The number of nitrogens with zero attached hydrogens (tertiary/aromatic N) is 1. The van der Waals surface area contributed by atoms with Gasteiger partial charge in [-0.25, -0.2) is 4.98 Å². The van der Waals surface area contributed by atoms with Crippen molar-refractivity contribution in [3.8, 4) is 0 Å². The van der Waals surface area contributed by atoms with Crippen molar-refractivity contribution < 1.29 is 8.42 Å². The number of sulfonamides is 1. The Morgan fingerprint density at radius 1 is 1.15 bits per heavy atom. The molecule has 0 atom stereocenters. The number of rotatable bonds is 5. The van der Waals surface area contributed by atoms with Crippen molar-refractivity contribution in [3.05, 3.63) is 42.6 Å². The van der Waals surface area contributed by atoms with Gasteiger partial charge in [-0.15, -0.1) is 11.8 Å². The lowest BCUT2D eigenvalue weighted by atomic mass is 10.3. The zero-order valence-corrected chi connectivity index (χ0v) is 12.8. The van der Waals surface area contributed by atoms with Crippen LogP contribution in [0.2, 0.25) is 0 Å². The summed E-state index contributed by atoms with van der Waals surface area (Å²) >= 11 is 1.60. The third-order valence-corrected chi connectivity index (χ3v) is 4.72. The van der Waals surface area contributed by atoms with E-state index in [1.54, 1.807) is 43.1 Å². The van der Waals surface area contributed by atoms with Crippen LogP contribution in [0.25, 0.3) is 0 Å². The lowest BCUT2D eigenvalue weighted by Gasteiger charge is -2.11. The summed E-state index contributed by atoms with van der Waals surface area (Å²) in [5.41, 5.74) is 0.969. The maximum absolute atomic E-state index is 12.3. The van der Waals surface area contributed by atoms with E-state index in [0.29, 0.717) is 11.4 Å². The molecule has 0 amide bonds. The number of nitrogens with one attached hydrogen (secondary N) is 2. The van der Waals surface area contributed by atoms with Crippen LogP contribution in [0.15, 0.2) is 52.5 Å². The number of hydrogen-bond acceptors (Lipinski definition) is 5. The molecule has 2 N–H and O–H groups in total. The Kier molecular flexibility index (Phi) is 4.51. The Hall–Kier alpha value is -1.73. The first-order valence-electron chi connectivity index (χ1n) is 5.86. The third-order valence-electron chi connectivity index (χ3n) is 2.64. The Labute approximate surface area is 122 Å². The minimum Gasteiger partial charge on any atom is -0.386 e. The third kappa shape index (κ3) is 3.23. The molecule has 20 heavy (non-hydrogen) atoms. The molecule has 2 rings (SSSR count). The molecule has 7 heteroatoms. The molecule has 0 unspecified atom stereocenters. The SMILES string of the molecule is CNc1cccnc1S(=O)(=O)Nc1ccc(SC)cc1. The van der Waals surface area contributed by atoms with Crippen molar-refractivity contribution in [2.75, 3.05) is 23.3 Å². The highest BCUT2D eigenvalue weighted by Crippen LogP contribution is 2.22. The lowest BCUT2D eigenvalue weighted by molar-refractivity contribution is 0.598. The average molecular weight is 309 g/mol. The number of benzene rings is 1. The normalized spacial score (nSPS) is 11.1. The number of pyridine rings is 1. The summed E-state index contributed by atoms with van der Waals surface area (Å²) in [4.78, 5) is 5.01. The first-order chi connectivity index (χ1) is 9.56. The van der Waals surface area contributed by atoms with Crippen molar-refractivity contribution in [1.29, 1.82) is 0 Å². The number of anilines is 2. The molecule has 0 saturated carbocycles. The molecule has 0 saturated heterocycles. The predicted octanol–water partition coefficient (Wildman–Crippen LogP) is 2.65. The van der Waals surface area contributed by atoms with Crippen LogP contribution in [0.4, 0.5) is 11.4 Å². The zero-order chi connectivity index (χ0) is 14.6. The number of thioether (sulfide) groups is 1. The molecule has 0 radical (unpaired) electrons. The van der Waals surface area contributed by atoms with Gasteiger partial charge >= 0.3 is 0 Å². The number of aromatic nitrogens is 1. The molecule has 2 aromatic rings. The molecule has 0 bridgehead atoms. The second kappa shape index (κ2) is 6.15. The smallest absolute Gasteiger partial charge is 0.281 e. The van der Waals surface area contributed by atoms with Gasteiger partial charge in [0.15, 0.2) is 5.03 Å². The van der Waals surface area contributed by atoms with E-state index in [1.807, 2.05) is 18.4 Å². The Morgan fingerprint density at radius 2 is 1.85 bits per heavy atom. The zero-order valence-electron chi connectivity index (χ0n) is 11.1. The van der Waals surface area contributed by atoms with Gasteiger partial charge in [-0.3, -0.25) is 4.72 Å². The monoisotopic (exact) mass is 309 g/mol. The molecule has 1 heterocycles. The van der Waals surface area contributed by atoms with Gasteiger partial charge in [0.25, 0.3) is 10.0 Å². The largest absolute Gasteiger partial charge is 0.386 e. The lowest BCUT2D eigenvalue weighted by Crippen LogP contribution is -2.16. The molecule has 0 spiro atoms. The van der Waals surface area contributed by atoms with Crippen molar-refractivity contribution >= 4 is 33.2 Å². The summed E-state index contributed by atoms with van der Waals surface area (Å²) in [6, 6.07) is 10.5. The van der Waals surface area contributed by atoms with Gasteiger partial charge in [0.2, 0.25) is 0 Å². The molecule has 5 nitrogen and oxygen atoms in total. The fourth-order valence-corrected chi connectivity index (χ4v) is 3.27. The summed E-state index contributed by atoms with van der Waals surface area (Å²) in [7, 11) is -2.05. The van der Waals surface area contributed by atoms with Crippen LogP contribution in [0, 0.1) is 0 Å². The minimum absolute atomic E-state index is 0.0172. The molecular weight excluding hydrogens is 294 g/mol. The van der Waals surface area contributed by atoms with E-state index < -0.39 is 10.0 Å². The van der Waals surface area contributed by atoms with Gasteiger partial charge < -0.3 is 5.32 Å². The molecule has 0 aliphatic carbocycles. The van der Waals surface area contributed by atoms with Crippen LogP contribution >= 0.6 is 11.8 Å². The predicted molar refractivity (Wildman–Crippen MR) is 82.8 cm³/mol. The van der Waals surface area contributed by atoms with E-state index >= 15 is 0 Å². The maximum Gasteiger partial charge on any atom is 0.281 e. The van der Waals surface area contributed by atoms with E-state index in [0.717, 1.165) is 4.90 Å². The summed E-state index contributed by atoms with van der Waals surface area (Å²) < 4.78 is 27.2. The highest BCUT2D eigenvalue weighted by molar-refractivity contribution is 7.98. The van der Waals surface area contributed by atoms with E-state index in [2.05, 4.69) is 15.0 Å². The van der Waals surface area contributed by atoms with Gasteiger partial charge in [-0.05, 0) is 42.7 Å². The van der Waals surface area contributed by atoms with E-state index in [9.17, 15) is 8.42 Å². The Balaban J connectivity index is 2.30. The quantitative estimate of drug-likeness (QED) is 0.831. The minimum atomic E-state index is -3.71. The van der Waals surface area contributed by atoms with Gasteiger partial charge in [-0.1, -0.05) is 0 Å². The molecule has 1 aromatic carbocycles. The van der Waals surface area contributed by atoms with Crippen molar-refractivity contribution in [2.45, 2.75) is 9.92 Å². The van der Waals surface area contributed by atoms with Gasteiger partial charge in [-0.2, -0.15) is 8.42 Å². The molecule has 0 aliphatic heterocycles. The standard InChI is InChI=1S/C13H15N3O2S2/c1-14-12-4-3-9-15-13(12)20(17,18)16-10-5-7-11(19-2)8-6-10/h3-9,14,16H,1-2H3. The van der Waals surface area contributed by atoms with Gasteiger partial charge in [0.05, 0.1) is 5.69 Å². The summed E-state index contributed by atoms with van der Waals surface area (Å²) in [5, 5.41) is 2.80. The van der Waals surface area contributed by atoms with Crippen molar-refractivity contribution in [3.63, 3.8) is 0 Å². The molecule has 0 fully saturated rings. The van der Waals surface area contributed by atoms with E-state index in [-0.39, 0.29) is 5.03 Å². The van der Waals surface area contributed by atoms with Crippen LogP contribution in [-0.2, 0) is 10.0 Å². The van der Waals surface area contributed by atoms with Crippen LogP contribution in [0.3, 0.4) is 0 Å². The molecule has 106 valence electrons. The van der Waals surface area contributed by atoms with E-state index in [4.69, 9.17) is 0 Å². The second-order valence-corrected chi connectivity index (χ2v) is 6.42. The highest BCUT2D eigenvalue weighted by atomic mass is 32.2. The maximum atomic E-state index is 12.3. The van der Waals surface area contributed by atoms with Gasteiger partial charge in [0, 0.05) is 23.8 Å². The van der Waals surface area contributed by atoms with Crippen molar-refractivity contribution in [2.24, 2.45) is 0 Å². The summed E-state index contributed by atoms with van der Waals surface area (Å²) in [6.07, 6.45) is 3.42. The molecule has 0 aliphatic rings. The highest BCUT2D eigenvalue weighted by Gasteiger charge is 2.19. The van der Waals surface area contributed by atoms with Gasteiger partial charge in [0.1, 0.15) is 0 Å².